The number of rotatable bonds is 5. The highest BCUT2D eigenvalue weighted by molar-refractivity contribution is 5.76. The molecule has 2 aliphatic rings. The van der Waals surface area contributed by atoms with Crippen molar-refractivity contribution in [3.8, 4) is 0 Å². The van der Waals surface area contributed by atoms with E-state index in [-0.39, 0.29) is 17.9 Å². The summed E-state index contributed by atoms with van der Waals surface area (Å²) in [6.45, 7) is 2.92. The van der Waals surface area contributed by atoms with Gasteiger partial charge in [-0.05, 0) is 50.4 Å². The predicted molar refractivity (Wildman–Crippen MR) is 87.2 cm³/mol. The first-order valence-corrected chi connectivity index (χ1v) is 8.93. The molecule has 5 nitrogen and oxygen atoms in total. The Morgan fingerprint density at radius 3 is 2.36 bits per heavy atom. The first-order chi connectivity index (χ1) is 10.6. The van der Waals surface area contributed by atoms with E-state index in [9.17, 15) is 9.59 Å². The Morgan fingerprint density at radius 1 is 1.05 bits per heavy atom. The number of hydrogen-bond donors (Lipinski definition) is 3. The van der Waals surface area contributed by atoms with Crippen molar-refractivity contribution in [3.63, 3.8) is 0 Å². The average molecular weight is 309 g/mol. The van der Waals surface area contributed by atoms with E-state index >= 15 is 0 Å². The van der Waals surface area contributed by atoms with E-state index in [1.54, 1.807) is 0 Å². The number of urea groups is 1. The molecule has 0 aromatic heterocycles. The molecule has 0 spiro atoms. The van der Waals surface area contributed by atoms with Crippen molar-refractivity contribution in [3.05, 3.63) is 0 Å². The molecule has 0 aromatic rings. The summed E-state index contributed by atoms with van der Waals surface area (Å²) in [7, 11) is 0. The lowest BCUT2D eigenvalue weighted by Gasteiger charge is -2.32. The SMILES string of the molecule is CCC1CCCCC1NC(=O)NCC1CCC(C(N)=O)CC1. The number of carbonyl (C=O) groups excluding carboxylic acids is 2. The third-order valence-corrected chi connectivity index (χ3v) is 5.55. The molecular weight excluding hydrogens is 278 g/mol. The lowest BCUT2D eigenvalue weighted by atomic mass is 9.81. The minimum Gasteiger partial charge on any atom is -0.369 e. The van der Waals surface area contributed by atoms with Gasteiger partial charge in [0.05, 0.1) is 0 Å². The Bertz CT molecular complexity index is 378. The quantitative estimate of drug-likeness (QED) is 0.729. The van der Waals surface area contributed by atoms with E-state index < -0.39 is 0 Å². The number of hydrogen-bond acceptors (Lipinski definition) is 2. The standard InChI is InChI=1S/C17H31N3O2/c1-2-13-5-3-4-6-15(13)20-17(22)19-11-12-7-9-14(10-8-12)16(18)21/h12-15H,2-11H2,1H3,(H2,18,21)(H2,19,20,22). The van der Waals surface area contributed by atoms with Crippen LogP contribution in [0.4, 0.5) is 4.79 Å². The molecule has 2 rings (SSSR count). The minimum atomic E-state index is -0.174. The third kappa shape index (κ3) is 4.89. The van der Waals surface area contributed by atoms with Crippen LogP contribution in [-0.2, 0) is 4.79 Å². The Hall–Kier alpha value is -1.26. The van der Waals surface area contributed by atoms with Crippen LogP contribution in [0.2, 0.25) is 0 Å². The summed E-state index contributed by atoms with van der Waals surface area (Å²) < 4.78 is 0. The summed E-state index contributed by atoms with van der Waals surface area (Å²) in [5, 5.41) is 6.18. The van der Waals surface area contributed by atoms with Gasteiger partial charge in [0, 0.05) is 18.5 Å². The Balaban J connectivity index is 1.66. The fraction of sp³-hybridized carbons (Fsp3) is 0.882. The van der Waals surface area contributed by atoms with Crippen LogP contribution in [0.3, 0.4) is 0 Å². The number of primary amides is 1. The minimum absolute atomic E-state index is 0.0256. The molecule has 0 radical (unpaired) electrons. The maximum Gasteiger partial charge on any atom is 0.315 e. The predicted octanol–water partition coefficient (Wildman–Crippen LogP) is 2.55. The van der Waals surface area contributed by atoms with Gasteiger partial charge in [0.2, 0.25) is 5.91 Å². The lowest BCUT2D eigenvalue weighted by molar-refractivity contribution is -0.122. The van der Waals surface area contributed by atoms with E-state index in [0.29, 0.717) is 24.4 Å². The van der Waals surface area contributed by atoms with Crippen LogP contribution >= 0.6 is 0 Å². The average Bonchev–Trinajstić information content (AvgIpc) is 2.54. The summed E-state index contributed by atoms with van der Waals surface area (Å²) in [6.07, 6.45) is 9.69. The largest absolute Gasteiger partial charge is 0.369 e. The van der Waals surface area contributed by atoms with Crippen LogP contribution in [-0.4, -0.2) is 24.5 Å². The van der Waals surface area contributed by atoms with E-state index in [2.05, 4.69) is 17.6 Å². The zero-order valence-corrected chi connectivity index (χ0v) is 13.8. The Labute approximate surface area is 133 Å². The fourth-order valence-corrected chi connectivity index (χ4v) is 3.99. The molecule has 4 N–H and O–H groups in total. The second-order valence-corrected chi connectivity index (χ2v) is 7.03. The van der Waals surface area contributed by atoms with Crippen LogP contribution < -0.4 is 16.4 Å². The molecular formula is C17H31N3O2. The van der Waals surface area contributed by atoms with Crippen LogP contribution in [0.25, 0.3) is 0 Å². The van der Waals surface area contributed by atoms with Crippen molar-refractivity contribution in [1.29, 1.82) is 0 Å². The van der Waals surface area contributed by atoms with E-state index in [4.69, 9.17) is 5.73 Å². The monoisotopic (exact) mass is 309 g/mol. The van der Waals surface area contributed by atoms with Gasteiger partial charge in [-0.3, -0.25) is 4.79 Å². The fourth-order valence-electron chi connectivity index (χ4n) is 3.99. The van der Waals surface area contributed by atoms with Crippen molar-refractivity contribution in [2.24, 2.45) is 23.5 Å². The van der Waals surface area contributed by atoms with Gasteiger partial charge in [-0.25, -0.2) is 4.79 Å². The van der Waals surface area contributed by atoms with Crippen molar-refractivity contribution in [1.82, 2.24) is 10.6 Å². The van der Waals surface area contributed by atoms with Gasteiger partial charge >= 0.3 is 6.03 Å². The maximum absolute atomic E-state index is 12.1. The molecule has 2 fully saturated rings. The first-order valence-electron chi connectivity index (χ1n) is 8.93. The van der Waals surface area contributed by atoms with Crippen molar-refractivity contribution >= 4 is 11.9 Å². The van der Waals surface area contributed by atoms with Crippen molar-refractivity contribution < 1.29 is 9.59 Å². The number of nitrogens with two attached hydrogens (primary N) is 1. The summed E-state index contributed by atoms with van der Waals surface area (Å²) in [6, 6.07) is 0.312. The smallest absolute Gasteiger partial charge is 0.315 e. The topological polar surface area (TPSA) is 84.2 Å². The molecule has 126 valence electrons. The van der Waals surface area contributed by atoms with Gasteiger partial charge < -0.3 is 16.4 Å². The highest BCUT2D eigenvalue weighted by Gasteiger charge is 2.27. The number of carbonyl (C=O) groups is 2. The zero-order chi connectivity index (χ0) is 15.9. The van der Waals surface area contributed by atoms with Crippen LogP contribution in [0.5, 0.6) is 0 Å². The summed E-state index contributed by atoms with van der Waals surface area (Å²) >= 11 is 0. The third-order valence-electron chi connectivity index (χ3n) is 5.55. The molecule has 5 heteroatoms. The van der Waals surface area contributed by atoms with Crippen LogP contribution in [0, 0.1) is 17.8 Å². The van der Waals surface area contributed by atoms with E-state index in [0.717, 1.165) is 38.5 Å². The molecule has 2 unspecified atom stereocenters. The molecule has 0 aliphatic heterocycles. The van der Waals surface area contributed by atoms with Crippen LogP contribution in [0.15, 0.2) is 0 Å². The van der Waals surface area contributed by atoms with E-state index in [1.807, 2.05) is 0 Å². The van der Waals surface area contributed by atoms with Gasteiger partial charge in [-0.2, -0.15) is 0 Å². The summed E-state index contributed by atoms with van der Waals surface area (Å²) in [5.74, 6) is 0.977. The molecule has 2 atom stereocenters. The molecule has 0 aromatic carbocycles. The molecule has 22 heavy (non-hydrogen) atoms. The maximum atomic E-state index is 12.1. The van der Waals surface area contributed by atoms with E-state index in [1.165, 1.54) is 19.3 Å². The van der Waals surface area contributed by atoms with Gasteiger partial charge in [-0.15, -0.1) is 0 Å². The molecule has 0 bridgehead atoms. The summed E-state index contributed by atoms with van der Waals surface area (Å²) in [5.41, 5.74) is 5.35. The van der Waals surface area contributed by atoms with Crippen LogP contribution in [0.1, 0.15) is 64.7 Å². The zero-order valence-electron chi connectivity index (χ0n) is 13.8. The highest BCUT2D eigenvalue weighted by atomic mass is 16.2. The van der Waals surface area contributed by atoms with Gasteiger partial charge in [0.1, 0.15) is 0 Å². The van der Waals surface area contributed by atoms with Gasteiger partial charge in [0.15, 0.2) is 0 Å². The molecule has 0 heterocycles. The second kappa shape index (κ2) is 8.39. The number of nitrogens with one attached hydrogen (secondary N) is 2. The molecule has 3 amide bonds. The summed E-state index contributed by atoms with van der Waals surface area (Å²) in [4.78, 5) is 23.2. The second-order valence-electron chi connectivity index (χ2n) is 7.03. The molecule has 2 aliphatic carbocycles. The molecule has 0 saturated heterocycles. The van der Waals surface area contributed by atoms with Gasteiger partial charge in [0.25, 0.3) is 0 Å². The normalized spacial score (nSPS) is 32.2. The number of amides is 3. The molecule has 2 saturated carbocycles. The Kier molecular flexibility index (Phi) is 6.52. The lowest BCUT2D eigenvalue weighted by Crippen LogP contribution is -2.47. The van der Waals surface area contributed by atoms with Crippen molar-refractivity contribution in [2.45, 2.75) is 70.8 Å². The first kappa shape index (κ1) is 17.1. The highest BCUT2D eigenvalue weighted by Crippen LogP contribution is 2.28. The Morgan fingerprint density at radius 2 is 1.73 bits per heavy atom. The van der Waals surface area contributed by atoms with Gasteiger partial charge in [-0.1, -0.05) is 26.2 Å². The van der Waals surface area contributed by atoms with Crippen molar-refractivity contribution in [2.75, 3.05) is 6.54 Å².